The number of hydrogen-bond acceptors (Lipinski definition) is 5. The molecular weight excluding hydrogens is 378 g/mol. The topological polar surface area (TPSA) is 86.4 Å². The summed E-state index contributed by atoms with van der Waals surface area (Å²) in [5.41, 5.74) is 2.09. The summed E-state index contributed by atoms with van der Waals surface area (Å²) in [5, 5.41) is 9.55. The molecule has 2 fully saturated rings. The number of piperazine rings is 1. The highest BCUT2D eigenvalue weighted by Gasteiger charge is 2.43. The second-order valence-electron chi connectivity index (χ2n) is 8.05. The van der Waals surface area contributed by atoms with Gasteiger partial charge in [0.2, 0.25) is 11.8 Å². The van der Waals surface area contributed by atoms with Gasteiger partial charge in [0.05, 0.1) is 11.7 Å². The van der Waals surface area contributed by atoms with Crippen LogP contribution < -0.4 is 16.0 Å². The van der Waals surface area contributed by atoms with Crippen LogP contribution in [0.2, 0.25) is 0 Å². The second-order valence-corrected chi connectivity index (χ2v) is 8.05. The molecule has 3 unspecified atom stereocenters. The van der Waals surface area contributed by atoms with Crippen molar-refractivity contribution in [3.8, 4) is 0 Å². The number of fused-ring (bicyclic) bond motifs is 1. The Morgan fingerprint density at radius 1 is 1.13 bits per heavy atom. The molecule has 3 atom stereocenters. The minimum absolute atomic E-state index is 0.0522. The number of aromatic nitrogens is 1. The first kappa shape index (κ1) is 20.5. The van der Waals surface area contributed by atoms with E-state index < -0.39 is 0 Å². The maximum atomic E-state index is 12.4. The van der Waals surface area contributed by atoms with E-state index in [4.69, 9.17) is 0 Å². The molecule has 0 bridgehead atoms. The molecule has 30 heavy (non-hydrogen) atoms. The van der Waals surface area contributed by atoms with Gasteiger partial charge in [-0.1, -0.05) is 36.4 Å². The Morgan fingerprint density at radius 2 is 1.97 bits per heavy atom. The van der Waals surface area contributed by atoms with Crippen molar-refractivity contribution in [1.29, 1.82) is 0 Å². The highest BCUT2D eigenvalue weighted by Crippen LogP contribution is 2.26. The number of carbonyl (C=O) groups is 2. The normalized spacial score (nSPS) is 23.6. The summed E-state index contributed by atoms with van der Waals surface area (Å²) in [6.45, 7) is 2.67. The summed E-state index contributed by atoms with van der Waals surface area (Å²) >= 11 is 0. The van der Waals surface area contributed by atoms with Crippen molar-refractivity contribution in [2.45, 2.75) is 50.5 Å². The van der Waals surface area contributed by atoms with Gasteiger partial charge >= 0.3 is 0 Å². The first-order chi connectivity index (χ1) is 14.7. The number of benzene rings is 1. The zero-order valence-corrected chi connectivity index (χ0v) is 17.1. The van der Waals surface area contributed by atoms with E-state index in [1.807, 2.05) is 48.5 Å². The smallest absolute Gasteiger partial charge is 0.237 e. The second kappa shape index (κ2) is 9.82. The van der Waals surface area contributed by atoms with Gasteiger partial charge < -0.3 is 16.0 Å². The minimum atomic E-state index is -0.114. The van der Waals surface area contributed by atoms with Gasteiger partial charge in [-0.2, -0.15) is 0 Å². The minimum Gasteiger partial charge on any atom is -0.353 e. The van der Waals surface area contributed by atoms with Gasteiger partial charge in [0.15, 0.2) is 0 Å². The standard InChI is InChI=1S/C23H29N5O2/c29-22(26-13-17-6-2-1-3-7-17)10-9-20-15-27-23(30)21-12-19(16-28(20)21)25-14-18-8-4-5-11-24-18/h1-8,11,19-21,25H,9-10,12-16H2,(H,26,29)(H,27,30). The molecule has 0 saturated carbocycles. The molecule has 2 aliphatic rings. The molecule has 1 aromatic carbocycles. The maximum Gasteiger partial charge on any atom is 0.237 e. The van der Waals surface area contributed by atoms with Crippen molar-refractivity contribution >= 4 is 11.8 Å². The third-order valence-electron chi connectivity index (χ3n) is 5.96. The average Bonchev–Trinajstić information content (AvgIpc) is 3.23. The molecule has 2 amide bonds. The molecule has 0 radical (unpaired) electrons. The number of hydrogen-bond donors (Lipinski definition) is 3. The Bertz CT molecular complexity index is 845. The Hall–Kier alpha value is -2.77. The van der Waals surface area contributed by atoms with Crippen LogP contribution in [-0.4, -0.2) is 52.9 Å². The molecule has 158 valence electrons. The van der Waals surface area contributed by atoms with E-state index in [1.54, 1.807) is 6.20 Å². The van der Waals surface area contributed by atoms with Gasteiger partial charge in [-0.05, 0) is 30.5 Å². The quantitative estimate of drug-likeness (QED) is 0.612. The molecule has 2 aromatic rings. The SMILES string of the molecule is O=C(CCC1CNC(=O)C2CC(NCc3ccccn3)CN12)NCc1ccccc1. The summed E-state index contributed by atoms with van der Waals surface area (Å²) in [6.07, 6.45) is 3.78. The zero-order chi connectivity index (χ0) is 20.8. The molecule has 7 nitrogen and oxygen atoms in total. The lowest BCUT2D eigenvalue weighted by Gasteiger charge is -2.37. The number of rotatable bonds is 8. The fourth-order valence-corrected chi connectivity index (χ4v) is 4.33. The van der Waals surface area contributed by atoms with Gasteiger partial charge in [-0.15, -0.1) is 0 Å². The summed E-state index contributed by atoms with van der Waals surface area (Å²) in [4.78, 5) is 31.3. The third-order valence-corrected chi connectivity index (χ3v) is 5.96. The number of pyridine rings is 1. The van der Waals surface area contributed by atoms with Crippen LogP contribution in [0.4, 0.5) is 0 Å². The van der Waals surface area contributed by atoms with Gasteiger partial charge in [-0.25, -0.2) is 0 Å². The Balaban J connectivity index is 1.25. The van der Waals surface area contributed by atoms with Crippen molar-refractivity contribution in [2.24, 2.45) is 0 Å². The fraction of sp³-hybridized carbons (Fsp3) is 0.435. The van der Waals surface area contributed by atoms with E-state index in [0.717, 1.165) is 30.6 Å². The van der Waals surface area contributed by atoms with Gasteiger partial charge in [-0.3, -0.25) is 19.5 Å². The van der Waals surface area contributed by atoms with Crippen LogP contribution in [-0.2, 0) is 22.7 Å². The van der Waals surface area contributed by atoms with Crippen LogP contribution in [0.25, 0.3) is 0 Å². The molecule has 0 aliphatic carbocycles. The summed E-state index contributed by atoms with van der Waals surface area (Å²) in [6, 6.07) is 16.1. The van der Waals surface area contributed by atoms with Crippen molar-refractivity contribution in [2.75, 3.05) is 13.1 Å². The lowest BCUT2D eigenvalue weighted by Crippen LogP contribution is -2.58. The van der Waals surface area contributed by atoms with Crippen molar-refractivity contribution in [3.05, 3.63) is 66.0 Å². The van der Waals surface area contributed by atoms with Gasteiger partial charge in [0, 0.05) is 50.9 Å². The van der Waals surface area contributed by atoms with Crippen LogP contribution in [0.3, 0.4) is 0 Å². The lowest BCUT2D eigenvalue weighted by atomic mass is 10.0. The average molecular weight is 408 g/mol. The van der Waals surface area contributed by atoms with Crippen LogP contribution in [0.5, 0.6) is 0 Å². The molecule has 3 N–H and O–H groups in total. The molecular formula is C23H29N5O2. The number of nitrogens with one attached hydrogen (secondary N) is 3. The first-order valence-electron chi connectivity index (χ1n) is 10.7. The Morgan fingerprint density at radius 3 is 2.77 bits per heavy atom. The molecule has 1 aromatic heterocycles. The summed E-state index contributed by atoms with van der Waals surface area (Å²) in [7, 11) is 0. The molecule has 3 heterocycles. The largest absolute Gasteiger partial charge is 0.353 e. The zero-order valence-electron chi connectivity index (χ0n) is 17.1. The molecule has 2 aliphatic heterocycles. The molecule has 4 rings (SSSR count). The van der Waals surface area contributed by atoms with Crippen LogP contribution in [0.1, 0.15) is 30.5 Å². The maximum absolute atomic E-state index is 12.4. The predicted molar refractivity (Wildman–Crippen MR) is 114 cm³/mol. The van der Waals surface area contributed by atoms with E-state index >= 15 is 0 Å². The van der Waals surface area contributed by atoms with E-state index in [2.05, 4.69) is 25.8 Å². The van der Waals surface area contributed by atoms with Gasteiger partial charge in [0.25, 0.3) is 0 Å². The number of nitrogens with zero attached hydrogens (tertiary/aromatic N) is 2. The van der Waals surface area contributed by atoms with Gasteiger partial charge in [0.1, 0.15) is 0 Å². The first-order valence-corrected chi connectivity index (χ1v) is 10.7. The summed E-state index contributed by atoms with van der Waals surface area (Å²) < 4.78 is 0. The summed E-state index contributed by atoms with van der Waals surface area (Å²) in [5.74, 6) is 0.151. The lowest BCUT2D eigenvalue weighted by molar-refractivity contribution is -0.129. The monoisotopic (exact) mass is 407 g/mol. The molecule has 0 spiro atoms. The Labute approximate surface area is 177 Å². The highest BCUT2D eigenvalue weighted by atomic mass is 16.2. The fourth-order valence-electron chi connectivity index (χ4n) is 4.33. The Kier molecular flexibility index (Phi) is 6.71. The third kappa shape index (κ3) is 5.23. The van der Waals surface area contributed by atoms with Crippen molar-refractivity contribution in [1.82, 2.24) is 25.8 Å². The van der Waals surface area contributed by atoms with Crippen molar-refractivity contribution in [3.63, 3.8) is 0 Å². The van der Waals surface area contributed by atoms with Crippen LogP contribution >= 0.6 is 0 Å². The highest BCUT2D eigenvalue weighted by molar-refractivity contribution is 5.83. The number of amides is 2. The van der Waals surface area contributed by atoms with Crippen LogP contribution in [0.15, 0.2) is 54.7 Å². The molecule has 2 saturated heterocycles. The number of carbonyl (C=O) groups excluding carboxylic acids is 2. The van der Waals surface area contributed by atoms with Crippen molar-refractivity contribution < 1.29 is 9.59 Å². The van der Waals surface area contributed by atoms with E-state index in [9.17, 15) is 9.59 Å². The van der Waals surface area contributed by atoms with E-state index in [-0.39, 0.29) is 29.9 Å². The van der Waals surface area contributed by atoms with E-state index in [0.29, 0.717) is 26.1 Å². The van der Waals surface area contributed by atoms with E-state index in [1.165, 1.54) is 0 Å². The predicted octanol–water partition coefficient (Wildman–Crippen LogP) is 1.21. The molecule has 7 heteroatoms. The van der Waals surface area contributed by atoms with Crippen LogP contribution in [0, 0.1) is 0 Å².